The number of hydrogen-bond acceptors (Lipinski definition) is 1. The zero-order valence-corrected chi connectivity index (χ0v) is 11.6. The van der Waals surface area contributed by atoms with Crippen LogP contribution in [0.25, 0.3) is 10.8 Å². The maximum absolute atomic E-state index is 14.0. The summed E-state index contributed by atoms with van der Waals surface area (Å²) < 4.78 is 27.1. The molecule has 3 aromatic carbocycles. The number of aryl methyl sites for hydroxylation is 1. The second-order valence-corrected chi connectivity index (χ2v) is 5.16. The lowest BCUT2D eigenvalue weighted by atomic mass is 9.90. The minimum absolute atomic E-state index is 0.302. The van der Waals surface area contributed by atoms with E-state index < -0.39 is 17.7 Å². The molecule has 0 spiro atoms. The van der Waals surface area contributed by atoms with Crippen molar-refractivity contribution in [2.45, 2.75) is 13.0 Å². The highest BCUT2D eigenvalue weighted by Gasteiger charge is 2.18. The van der Waals surface area contributed by atoms with Gasteiger partial charge in [-0.15, -0.1) is 0 Å². The Balaban J connectivity index is 2.21. The Morgan fingerprint density at radius 3 is 2.48 bits per heavy atom. The molecule has 0 radical (unpaired) electrons. The van der Waals surface area contributed by atoms with Gasteiger partial charge in [0.2, 0.25) is 0 Å². The van der Waals surface area contributed by atoms with Gasteiger partial charge in [-0.3, -0.25) is 0 Å². The van der Waals surface area contributed by atoms with Gasteiger partial charge in [-0.1, -0.05) is 42.5 Å². The van der Waals surface area contributed by atoms with Crippen LogP contribution in [0.5, 0.6) is 0 Å². The quantitative estimate of drug-likeness (QED) is 0.737. The molecule has 0 saturated heterocycles. The maximum Gasteiger partial charge on any atom is 0.131 e. The first-order chi connectivity index (χ1) is 10.1. The molecule has 3 aromatic rings. The average Bonchev–Trinajstić information content (AvgIpc) is 2.46. The van der Waals surface area contributed by atoms with E-state index >= 15 is 0 Å². The summed E-state index contributed by atoms with van der Waals surface area (Å²) in [6.45, 7) is 1.95. The van der Waals surface area contributed by atoms with E-state index in [1.165, 1.54) is 12.1 Å². The highest BCUT2D eigenvalue weighted by molar-refractivity contribution is 5.87. The predicted molar refractivity (Wildman–Crippen MR) is 81.1 cm³/mol. The molecule has 0 aliphatic heterocycles. The molecule has 3 rings (SSSR count). The van der Waals surface area contributed by atoms with Gasteiger partial charge in [-0.05, 0) is 34.9 Å². The Kier molecular flexibility index (Phi) is 3.43. The zero-order valence-electron chi connectivity index (χ0n) is 11.6. The highest BCUT2D eigenvalue weighted by atomic mass is 19.1. The second-order valence-electron chi connectivity index (χ2n) is 5.16. The number of hydrogen-bond donors (Lipinski definition) is 1. The Labute approximate surface area is 122 Å². The Bertz CT molecular complexity index is 811. The number of fused-ring (bicyclic) bond motifs is 1. The lowest BCUT2D eigenvalue weighted by Gasteiger charge is -2.18. The Morgan fingerprint density at radius 1 is 0.952 bits per heavy atom. The van der Waals surface area contributed by atoms with Crippen LogP contribution in [0.15, 0.2) is 54.6 Å². The summed E-state index contributed by atoms with van der Waals surface area (Å²) in [4.78, 5) is 0. The summed E-state index contributed by atoms with van der Waals surface area (Å²) in [5, 5.41) is 2.05. The van der Waals surface area contributed by atoms with Crippen LogP contribution in [0.3, 0.4) is 0 Å². The van der Waals surface area contributed by atoms with Gasteiger partial charge in [0.25, 0.3) is 0 Å². The number of nitrogens with two attached hydrogens (primary N) is 1. The first-order valence-electron chi connectivity index (χ1n) is 6.76. The van der Waals surface area contributed by atoms with Crippen molar-refractivity contribution in [2.24, 2.45) is 5.73 Å². The topological polar surface area (TPSA) is 26.0 Å². The van der Waals surface area contributed by atoms with Crippen molar-refractivity contribution >= 4 is 10.8 Å². The minimum atomic E-state index is -0.628. The summed E-state index contributed by atoms with van der Waals surface area (Å²) in [7, 11) is 0. The molecule has 0 saturated carbocycles. The number of halogens is 2. The van der Waals surface area contributed by atoms with Gasteiger partial charge < -0.3 is 5.73 Å². The molecule has 106 valence electrons. The number of rotatable bonds is 2. The summed E-state index contributed by atoms with van der Waals surface area (Å²) in [6, 6.07) is 14.7. The molecular formula is C18H15F2N. The van der Waals surface area contributed by atoms with Crippen LogP contribution < -0.4 is 5.73 Å². The van der Waals surface area contributed by atoms with Gasteiger partial charge >= 0.3 is 0 Å². The van der Waals surface area contributed by atoms with Gasteiger partial charge in [0.05, 0.1) is 6.04 Å². The van der Waals surface area contributed by atoms with Crippen molar-refractivity contribution in [3.05, 3.63) is 82.9 Å². The summed E-state index contributed by atoms with van der Waals surface area (Å²) in [6.07, 6.45) is 0. The lowest BCUT2D eigenvalue weighted by Crippen LogP contribution is -2.15. The summed E-state index contributed by atoms with van der Waals surface area (Å²) >= 11 is 0. The van der Waals surface area contributed by atoms with Crippen LogP contribution >= 0.6 is 0 Å². The Hall–Kier alpha value is -2.26. The molecule has 2 N–H and O–H groups in total. The molecule has 21 heavy (non-hydrogen) atoms. The molecule has 0 bridgehead atoms. The fraction of sp³-hybridized carbons (Fsp3) is 0.111. The van der Waals surface area contributed by atoms with E-state index in [0.717, 1.165) is 28.0 Å². The van der Waals surface area contributed by atoms with Gasteiger partial charge in [-0.25, -0.2) is 8.78 Å². The fourth-order valence-electron chi connectivity index (χ4n) is 2.73. The molecule has 1 nitrogen and oxygen atoms in total. The SMILES string of the molecule is Cc1ccc2ccccc2c1C(N)c1ccc(F)cc1F. The van der Waals surface area contributed by atoms with Crippen LogP contribution in [0.1, 0.15) is 22.7 Å². The van der Waals surface area contributed by atoms with Crippen molar-refractivity contribution in [3.8, 4) is 0 Å². The van der Waals surface area contributed by atoms with Crippen molar-refractivity contribution in [3.63, 3.8) is 0 Å². The minimum Gasteiger partial charge on any atom is -0.320 e. The van der Waals surface area contributed by atoms with E-state index in [2.05, 4.69) is 0 Å². The third kappa shape index (κ3) is 2.41. The van der Waals surface area contributed by atoms with Crippen LogP contribution in [-0.4, -0.2) is 0 Å². The van der Waals surface area contributed by atoms with E-state index in [0.29, 0.717) is 5.56 Å². The van der Waals surface area contributed by atoms with Gasteiger partial charge in [-0.2, -0.15) is 0 Å². The molecule has 1 atom stereocenters. The third-order valence-corrected chi connectivity index (χ3v) is 3.80. The molecule has 0 amide bonds. The maximum atomic E-state index is 14.0. The lowest BCUT2D eigenvalue weighted by molar-refractivity contribution is 0.566. The van der Waals surface area contributed by atoms with Crippen molar-refractivity contribution in [1.82, 2.24) is 0 Å². The zero-order chi connectivity index (χ0) is 15.0. The first-order valence-corrected chi connectivity index (χ1v) is 6.76. The van der Waals surface area contributed by atoms with E-state index in [-0.39, 0.29) is 0 Å². The molecule has 0 fully saturated rings. The van der Waals surface area contributed by atoms with Crippen molar-refractivity contribution in [1.29, 1.82) is 0 Å². The smallest absolute Gasteiger partial charge is 0.131 e. The summed E-state index contributed by atoms with van der Waals surface area (Å²) in [5.74, 6) is -1.21. The molecule has 0 aromatic heterocycles. The molecule has 0 heterocycles. The molecule has 0 aliphatic rings. The number of benzene rings is 3. The highest BCUT2D eigenvalue weighted by Crippen LogP contribution is 2.31. The van der Waals surface area contributed by atoms with E-state index in [9.17, 15) is 8.78 Å². The first kappa shape index (κ1) is 13.7. The Morgan fingerprint density at radius 2 is 1.71 bits per heavy atom. The second kappa shape index (κ2) is 5.26. The predicted octanol–water partition coefficient (Wildman–Crippen LogP) is 4.47. The largest absolute Gasteiger partial charge is 0.320 e. The van der Waals surface area contributed by atoms with Crippen molar-refractivity contribution < 1.29 is 8.78 Å². The van der Waals surface area contributed by atoms with Gasteiger partial charge in [0.1, 0.15) is 11.6 Å². The van der Waals surface area contributed by atoms with Crippen LogP contribution in [0.2, 0.25) is 0 Å². The summed E-state index contributed by atoms with van der Waals surface area (Å²) in [5.41, 5.74) is 8.44. The third-order valence-electron chi connectivity index (χ3n) is 3.80. The van der Waals surface area contributed by atoms with E-state index in [1.54, 1.807) is 0 Å². The molecule has 0 aliphatic carbocycles. The molecule has 1 unspecified atom stereocenters. The van der Waals surface area contributed by atoms with E-state index in [4.69, 9.17) is 5.73 Å². The monoisotopic (exact) mass is 283 g/mol. The normalized spacial score (nSPS) is 12.6. The average molecular weight is 283 g/mol. The molecule has 3 heteroatoms. The van der Waals surface area contributed by atoms with E-state index in [1.807, 2.05) is 43.3 Å². The standard InChI is InChI=1S/C18H15F2N/c1-11-6-7-12-4-2-3-5-14(12)17(11)18(21)15-9-8-13(19)10-16(15)20/h2-10,18H,21H2,1H3. The fourth-order valence-corrected chi connectivity index (χ4v) is 2.73. The van der Waals surface area contributed by atoms with Crippen LogP contribution in [0.4, 0.5) is 8.78 Å². The molecular weight excluding hydrogens is 268 g/mol. The van der Waals surface area contributed by atoms with Crippen molar-refractivity contribution in [2.75, 3.05) is 0 Å². The van der Waals surface area contributed by atoms with Crippen LogP contribution in [0, 0.1) is 18.6 Å². The van der Waals surface area contributed by atoms with Gasteiger partial charge in [0, 0.05) is 11.6 Å². The van der Waals surface area contributed by atoms with Gasteiger partial charge in [0.15, 0.2) is 0 Å². The van der Waals surface area contributed by atoms with Crippen LogP contribution in [-0.2, 0) is 0 Å².